The van der Waals surface area contributed by atoms with Crippen molar-refractivity contribution in [1.82, 2.24) is 5.32 Å². The highest BCUT2D eigenvalue weighted by Gasteiger charge is 2.21. The number of hydrogen-bond acceptors (Lipinski definition) is 8. The van der Waals surface area contributed by atoms with Crippen molar-refractivity contribution < 1.29 is 33.3 Å². The van der Waals surface area contributed by atoms with Gasteiger partial charge in [-0.15, -0.1) is 11.3 Å². The van der Waals surface area contributed by atoms with E-state index in [1.54, 1.807) is 17.5 Å². The maximum Gasteiger partial charge on any atom is 0.340 e. The zero-order valence-corrected chi connectivity index (χ0v) is 20.4. The largest absolute Gasteiger partial charge is 0.493 e. The maximum atomic E-state index is 12.8. The molecule has 9 nitrogen and oxygen atoms in total. The molecule has 2 amide bonds. The minimum Gasteiger partial charge on any atom is -0.493 e. The molecule has 0 aliphatic carbocycles. The summed E-state index contributed by atoms with van der Waals surface area (Å²) in [6.07, 6.45) is 0. The molecular weight excluding hydrogens is 472 g/mol. The molecule has 0 saturated heterocycles. The van der Waals surface area contributed by atoms with E-state index in [0.29, 0.717) is 16.4 Å². The molecule has 1 aromatic heterocycles. The van der Waals surface area contributed by atoms with Gasteiger partial charge in [-0.25, -0.2) is 4.79 Å². The quantitative estimate of drug-likeness (QED) is 0.306. The van der Waals surface area contributed by atoms with Crippen molar-refractivity contribution >= 4 is 34.8 Å². The molecule has 2 N–H and O–H groups in total. The SMILES string of the molecule is COc1cc(NC(=O)c2cccs2)c(C(=O)OCC(=O)NCCOc2cccc(C)c2)cc1OC. The van der Waals surface area contributed by atoms with E-state index in [2.05, 4.69) is 10.6 Å². The van der Waals surface area contributed by atoms with Crippen molar-refractivity contribution in [2.75, 3.05) is 39.3 Å². The third-order valence-corrected chi connectivity index (χ3v) is 5.62. The van der Waals surface area contributed by atoms with E-state index >= 15 is 0 Å². The van der Waals surface area contributed by atoms with E-state index in [1.807, 2.05) is 31.2 Å². The number of carbonyl (C=O) groups is 3. The number of amides is 2. The second-order valence-corrected chi connectivity index (χ2v) is 8.22. The van der Waals surface area contributed by atoms with Gasteiger partial charge in [0.15, 0.2) is 18.1 Å². The van der Waals surface area contributed by atoms with Crippen LogP contribution in [0.3, 0.4) is 0 Å². The number of thiophene rings is 1. The summed E-state index contributed by atoms with van der Waals surface area (Å²) >= 11 is 1.26. The molecule has 0 unspecified atom stereocenters. The fourth-order valence-electron chi connectivity index (χ4n) is 3.07. The van der Waals surface area contributed by atoms with E-state index in [-0.39, 0.29) is 30.2 Å². The van der Waals surface area contributed by atoms with Crippen LogP contribution in [-0.2, 0) is 9.53 Å². The maximum absolute atomic E-state index is 12.8. The number of rotatable bonds is 11. The smallest absolute Gasteiger partial charge is 0.340 e. The summed E-state index contributed by atoms with van der Waals surface area (Å²) in [5.74, 6) is -0.401. The minimum absolute atomic E-state index is 0.0168. The first-order chi connectivity index (χ1) is 16.9. The molecule has 10 heteroatoms. The average molecular weight is 499 g/mol. The summed E-state index contributed by atoms with van der Waals surface area (Å²) in [4.78, 5) is 37.9. The van der Waals surface area contributed by atoms with Crippen LogP contribution < -0.4 is 24.8 Å². The van der Waals surface area contributed by atoms with Crippen LogP contribution in [0.5, 0.6) is 17.2 Å². The Labute approximate surface area is 207 Å². The van der Waals surface area contributed by atoms with Gasteiger partial charge in [-0.2, -0.15) is 0 Å². The van der Waals surface area contributed by atoms with Gasteiger partial charge in [0.1, 0.15) is 12.4 Å². The van der Waals surface area contributed by atoms with E-state index in [4.69, 9.17) is 18.9 Å². The highest BCUT2D eigenvalue weighted by molar-refractivity contribution is 7.12. The van der Waals surface area contributed by atoms with Crippen LogP contribution in [-0.4, -0.2) is 51.8 Å². The van der Waals surface area contributed by atoms with Crippen LogP contribution in [0.25, 0.3) is 0 Å². The predicted octanol–water partition coefficient (Wildman–Crippen LogP) is 3.68. The molecule has 2 aromatic carbocycles. The third-order valence-electron chi connectivity index (χ3n) is 4.75. The van der Waals surface area contributed by atoms with Crippen molar-refractivity contribution in [2.45, 2.75) is 6.92 Å². The number of ether oxygens (including phenoxy) is 4. The lowest BCUT2D eigenvalue weighted by Crippen LogP contribution is -2.32. The van der Waals surface area contributed by atoms with Gasteiger partial charge in [-0.1, -0.05) is 18.2 Å². The van der Waals surface area contributed by atoms with Crippen LogP contribution >= 0.6 is 11.3 Å². The fourth-order valence-corrected chi connectivity index (χ4v) is 3.69. The first-order valence-electron chi connectivity index (χ1n) is 10.7. The van der Waals surface area contributed by atoms with Gasteiger partial charge in [0.2, 0.25) is 0 Å². The van der Waals surface area contributed by atoms with Gasteiger partial charge in [-0.3, -0.25) is 9.59 Å². The Bertz CT molecular complexity index is 1180. The summed E-state index contributed by atoms with van der Waals surface area (Å²) in [5, 5.41) is 7.08. The van der Waals surface area contributed by atoms with E-state index in [1.165, 1.54) is 37.7 Å². The summed E-state index contributed by atoms with van der Waals surface area (Å²) < 4.78 is 21.3. The Morgan fingerprint density at radius 3 is 2.43 bits per heavy atom. The Balaban J connectivity index is 1.59. The Kier molecular flexibility index (Phi) is 9.08. The molecule has 0 atom stereocenters. The zero-order valence-electron chi connectivity index (χ0n) is 19.6. The number of nitrogens with one attached hydrogen (secondary N) is 2. The molecule has 0 saturated carbocycles. The number of hydrogen-bond donors (Lipinski definition) is 2. The second kappa shape index (κ2) is 12.4. The van der Waals surface area contributed by atoms with E-state index in [0.717, 1.165) is 5.56 Å². The molecule has 35 heavy (non-hydrogen) atoms. The van der Waals surface area contributed by atoms with Crippen LogP contribution in [0.2, 0.25) is 0 Å². The molecule has 0 spiro atoms. The van der Waals surface area contributed by atoms with Gasteiger partial charge in [0, 0.05) is 12.1 Å². The number of carbonyl (C=O) groups excluding carboxylic acids is 3. The van der Waals surface area contributed by atoms with Crippen LogP contribution in [0, 0.1) is 6.92 Å². The fraction of sp³-hybridized carbons (Fsp3) is 0.240. The molecular formula is C25H26N2O7S. The Morgan fingerprint density at radius 1 is 0.971 bits per heavy atom. The van der Waals surface area contributed by atoms with Crippen molar-refractivity contribution in [3.05, 3.63) is 69.9 Å². The minimum atomic E-state index is -0.807. The number of aryl methyl sites for hydroxylation is 1. The lowest BCUT2D eigenvalue weighted by atomic mass is 10.1. The van der Waals surface area contributed by atoms with Gasteiger partial charge < -0.3 is 29.6 Å². The number of anilines is 1. The monoisotopic (exact) mass is 498 g/mol. The molecule has 184 valence electrons. The van der Waals surface area contributed by atoms with Gasteiger partial charge in [0.25, 0.3) is 11.8 Å². The summed E-state index contributed by atoms with van der Waals surface area (Å²) in [6, 6.07) is 13.8. The van der Waals surface area contributed by atoms with Crippen molar-refractivity contribution in [2.24, 2.45) is 0 Å². The third kappa shape index (κ3) is 7.21. The second-order valence-electron chi connectivity index (χ2n) is 7.28. The first kappa shape index (κ1) is 25.6. The highest BCUT2D eigenvalue weighted by Crippen LogP contribution is 2.34. The molecule has 0 aliphatic rings. The zero-order chi connectivity index (χ0) is 25.2. The number of benzene rings is 2. The average Bonchev–Trinajstić information content (AvgIpc) is 3.40. The molecule has 3 aromatic rings. The molecule has 0 radical (unpaired) electrons. The lowest BCUT2D eigenvalue weighted by Gasteiger charge is -2.15. The van der Waals surface area contributed by atoms with E-state index in [9.17, 15) is 14.4 Å². The molecule has 0 bridgehead atoms. The summed E-state index contributed by atoms with van der Waals surface area (Å²) in [7, 11) is 2.86. The van der Waals surface area contributed by atoms with Crippen molar-refractivity contribution in [1.29, 1.82) is 0 Å². The van der Waals surface area contributed by atoms with Gasteiger partial charge in [0.05, 0.1) is 36.9 Å². The topological polar surface area (TPSA) is 112 Å². The van der Waals surface area contributed by atoms with Crippen LogP contribution in [0.15, 0.2) is 53.9 Å². The van der Waals surface area contributed by atoms with Gasteiger partial charge in [-0.05, 0) is 36.1 Å². The lowest BCUT2D eigenvalue weighted by molar-refractivity contribution is -0.124. The predicted molar refractivity (Wildman–Crippen MR) is 132 cm³/mol. The Morgan fingerprint density at radius 2 is 1.74 bits per heavy atom. The summed E-state index contributed by atoms with van der Waals surface area (Å²) in [6.45, 7) is 1.96. The van der Waals surface area contributed by atoms with E-state index < -0.39 is 24.4 Å². The number of esters is 1. The molecule has 3 rings (SSSR count). The molecule has 0 fully saturated rings. The Hall–Kier alpha value is -4.05. The molecule has 0 aliphatic heterocycles. The number of methoxy groups -OCH3 is 2. The van der Waals surface area contributed by atoms with Crippen molar-refractivity contribution in [3.63, 3.8) is 0 Å². The summed E-state index contributed by atoms with van der Waals surface area (Å²) in [5.41, 5.74) is 1.25. The van der Waals surface area contributed by atoms with Crippen LogP contribution in [0.4, 0.5) is 5.69 Å². The first-order valence-corrected chi connectivity index (χ1v) is 11.5. The van der Waals surface area contributed by atoms with Crippen LogP contribution in [0.1, 0.15) is 25.6 Å². The molecule has 1 heterocycles. The highest BCUT2D eigenvalue weighted by atomic mass is 32.1. The standard InChI is InChI=1S/C25H26N2O7S/c1-16-6-4-7-17(12-16)33-10-9-26-23(28)15-34-25(30)18-13-20(31-2)21(32-3)14-19(18)27-24(29)22-8-5-11-35-22/h4-8,11-14H,9-10,15H2,1-3H3,(H,26,28)(H,27,29). The normalized spacial score (nSPS) is 10.3. The van der Waals surface area contributed by atoms with Gasteiger partial charge >= 0.3 is 5.97 Å². The van der Waals surface area contributed by atoms with Crippen molar-refractivity contribution in [3.8, 4) is 17.2 Å².